The molecule has 0 spiro atoms. The molecule has 4 rings (SSSR count). The highest BCUT2D eigenvalue weighted by atomic mass is 16.3. The lowest BCUT2D eigenvalue weighted by Gasteiger charge is -2.23. The first kappa shape index (κ1) is 18.9. The van der Waals surface area contributed by atoms with Crippen LogP contribution in [0.1, 0.15) is 45.3 Å². The van der Waals surface area contributed by atoms with Crippen molar-refractivity contribution in [2.45, 2.75) is 38.9 Å². The second-order valence-corrected chi connectivity index (χ2v) is 7.04. The Labute approximate surface area is 167 Å². The van der Waals surface area contributed by atoms with Crippen LogP contribution >= 0.6 is 0 Å². The number of benzene rings is 1. The van der Waals surface area contributed by atoms with Crippen molar-refractivity contribution in [3.8, 4) is 0 Å². The van der Waals surface area contributed by atoms with Crippen molar-refractivity contribution in [1.29, 1.82) is 0 Å². The lowest BCUT2D eigenvalue weighted by molar-refractivity contribution is 0.0714. The number of carbonyl (C=O) groups is 2. The van der Waals surface area contributed by atoms with Gasteiger partial charge in [-0.2, -0.15) is 0 Å². The number of aryl methyl sites for hydroxylation is 1. The number of amides is 2. The van der Waals surface area contributed by atoms with Crippen LogP contribution in [0.3, 0.4) is 0 Å². The van der Waals surface area contributed by atoms with E-state index in [0.717, 1.165) is 18.4 Å². The molecule has 1 aromatic carbocycles. The average Bonchev–Trinajstić information content (AvgIpc) is 3.48. The Bertz CT molecular complexity index is 997. The Morgan fingerprint density at radius 2 is 2.07 bits per heavy atom. The summed E-state index contributed by atoms with van der Waals surface area (Å²) in [6.07, 6.45) is 4.77. The number of hydrogen-bond donors (Lipinski definition) is 1. The van der Waals surface area contributed by atoms with E-state index < -0.39 is 0 Å². The van der Waals surface area contributed by atoms with Crippen molar-refractivity contribution in [3.05, 3.63) is 65.6 Å². The third-order valence-electron chi connectivity index (χ3n) is 4.94. The molecule has 1 saturated heterocycles. The van der Waals surface area contributed by atoms with Crippen LogP contribution in [0.25, 0.3) is 0 Å². The van der Waals surface area contributed by atoms with E-state index >= 15 is 0 Å². The molecule has 9 heteroatoms. The van der Waals surface area contributed by atoms with E-state index in [1.54, 1.807) is 22.7 Å². The van der Waals surface area contributed by atoms with Gasteiger partial charge in [-0.25, -0.2) is 9.67 Å². The molecular weight excluding hydrogens is 372 g/mol. The Kier molecular flexibility index (Phi) is 5.37. The molecule has 1 N–H and O–H groups in total. The minimum atomic E-state index is -0.280. The molecule has 3 heterocycles. The van der Waals surface area contributed by atoms with E-state index in [0.29, 0.717) is 31.2 Å². The zero-order valence-electron chi connectivity index (χ0n) is 16.1. The minimum Gasteiger partial charge on any atom is -0.448 e. The van der Waals surface area contributed by atoms with Gasteiger partial charge in [-0.3, -0.25) is 9.59 Å². The van der Waals surface area contributed by atoms with Crippen LogP contribution in [0.15, 0.2) is 47.2 Å². The molecule has 1 aliphatic rings. The second-order valence-electron chi connectivity index (χ2n) is 7.04. The highest BCUT2D eigenvalue weighted by Gasteiger charge is 2.31. The van der Waals surface area contributed by atoms with Crippen molar-refractivity contribution in [1.82, 2.24) is 30.2 Å². The van der Waals surface area contributed by atoms with Crippen molar-refractivity contribution in [3.63, 3.8) is 0 Å². The van der Waals surface area contributed by atoms with Crippen LogP contribution in [0.2, 0.25) is 0 Å². The SMILES string of the molecule is Cc1nc(C(=O)N2CCCC2Cn2cc(C(=O)NCc3ccccc3)nn2)co1. The Morgan fingerprint density at radius 1 is 1.24 bits per heavy atom. The summed E-state index contributed by atoms with van der Waals surface area (Å²) in [6, 6.07) is 9.64. The Balaban J connectivity index is 1.36. The van der Waals surface area contributed by atoms with Gasteiger partial charge in [0.2, 0.25) is 0 Å². The van der Waals surface area contributed by atoms with Gasteiger partial charge in [-0.05, 0) is 18.4 Å². The molecule has 0 aliphatic carbocycles. The lowest BCUT2D eigenvalue weighted by Crippen LogP contribution is -2.38. The summed E-state index contributed by atoms with van der Waals surface area (Å²) in [5, 5.41) is 10.9. The Hall–Kier alpha value is -3.49. The van der Waals surface area contributed by atoms with Gasteiger partial charge >= 0.3 is 0 Å². The summed E-state index contributed by atoms with van der Waals surface area (Å²) in [4.78, 5) is 30.9. The summed E-state index contributed by atoms with van der Waals surface area (Å²) in [6.45, 7) is 3.27. The summed E-state index contributed by atoms with van der Waals surface area (Å²) in [5.41, 5.74) is 1.58. The number of likely N-dealkylation sites (tertiary alicyclic amines) is 1. The normalized spacial score (nSPS) is 16.2. The fraction of sp³-hybridized carbons (Fsp3) is 0.350. The van der Waals surface area contributed by atoms with Gasteiger partial charge in [0.15, 0.2) is 17.3 Å². The molecule has 2 aromatic heterocycles. The molecule has 1 fully saturated rings. The molecule has 0 bridgehead atoms. The molecule has 0 saturated carbocycles. The van der Waals surface area contributed by atoms with Crippen molar-refractivity contribution in [2.75, 3.05) is 6.54 Å². The predicted octanol–water partition coefficient (Wildman–Crippen LogP) is 1.81. The molecule has 0 radical (unpaired) electrons. The molecule has 3 aromatic rings. The first-order chi connectivity index (χ1) is 14.1. The summed E-state index contributed by atoms with van der Waals surface area (Å²) in [7, 11) is 0. The number of oxazole rings is 1. The zero-order valence-corrected chi connectivity index (χ0v) is 16.1. The van der Waals surface area contributed by atoms with Crippen LogP contribution in [0, 0.1) is 6.92 Å². The molecule has 1 unspecified atom stereocenters. The van der Waals surface area contributed by atoms with Crippen LogP contribution in [-0.4, -0.2) is 49.3 Å². The van der Waals surface area contributed by atoms with E-state index in [1.165, 1.54) is 6.26 Å². The summed E-state index contributed by atoms with van der Waals surface area (Å²) >= 11 is 0. The molecule has 29 heavy (non-hydrogen) atoms. The highest BCUT2D eigenvalue weighted by Crippen LogP contribution is 2.21. The topological polar surface area (TPSA) is 106 Å². The van der Waals surface area contributed by atoms with E-state index in [1.807, 2.05) is 30.3 Å². The van der Waals surface area contributed by atoms with E-state index in [2.05, 4.69) is 20.6 Å². The first-order valence-electron chi connectivity index (χ1n) is 9.55. The number of hydrogen-bond acceptors (Lipinski definition) is 6. The van der Waals surface area contributed by atoms with Gasteiger partial charge in [0.05, 0.1) is 18.8 Å². The lowest BCUT2D eigenvalue weighted by atomic mass is 10.2. The van der Waals surface area contributed by atoms with Gasteiger partial charge in [0.25, 0.3) is 11.8 Å². The fourth-order valence-electron chi connectivity index (χ4n) is 3.48. The minimum absolute atomic E-state index is 0.0264. The van der Waals surface area contributed by atoms with Gasteiger partial charge in [0.1, 0.15) is 6.26 Å². The summed E-state index contributed by atoms with van der Waals surface area (Å²) < 4.78 is 6.77. The first-order valence-corrected chi connectivity index (χ1v) is 9.55. The smallest absolute Gasteiger partial charge is 0.276 e. The highest BCUT2D eigenvalue weighted by molar-refractivity contribution is 5.92. The van der Waals surface area contributed by atoms with E-state index in [4.69, 9.17) is 4.42 Å². The maximum atomic E-state index is 12.7. The van der Waals surface area contributed by atoms with E-state index in [9.17, 15) is 9.59 Å². The van der Waals surface area contributed by atoms with Gasteiger partial charge < -0.3 is 14.6 Å². The van der Waals surface area contributed by atoms with Crippen LogP contribution in [0.5, 0.6) is 0 Å². The predicted molar refractivity (Wildman–Crippen MR) is 103 cm³/mol. The third-order valence-corrected chi connectivity index (χ3v) is 4.94. The quantitative estimate of drug-likeness (QED) is 0.683. The van der Waals surface area contributed by atoms with Crippen molar-refractivity contribution >= 4 is 11.8 Å². The molecule has 2 amide bonds. The second kappa shape index (κ2) is 8.26. The molecule has 1 atom stereocenters. The van der Waals surface area contributed by atoms with Crippen molar-refractivity contribution < 1.29 is 14.0 Å². The standard InChI is InChI=1S/C20H22N6O3/c1-14-22-18(13-29-14)20(28)26-9-5-8-16(26)11-25-12-17(23-24-25)19(27)21-10-15-6-3-2-4-7-15/h2-4,6-7,12-13,16H,5,8-11H2,1H3,(H,21,27). The van der Waals surface area contributed by atoms with Gasteiger partial charge in [0, 0.05) is 20.0 Å². The molecule has 1 aliphatic heterocycles. The number of aromatic nitrogens is 4. The largest absolute Gasteiger partial charge is 0.448 e. The third kappa shape index (κ3) is 4.34. The maximum absolute atomic E-state index is 12.7. The van der Waals surface area contributed by atoms with E-state index in [-0.39, 0.29) is 23.6 Å². The average molecular weight is 394 g/mol. The maximum Gasteiger partial charge on any atom is 0.276 e. The number of carbonyl (C=O) groups excluding carboxylic acids is 2. The van der Waals surface area contributed by atoms with Crippen LogP contribution in [-0.2, 0) is 13.1 Å². The number of nitrogens with one attached hydrogen (secondary N) is 1. The van der Waals surface area contributed by atoms with Crippen molar-refractivity contribution in [2.24, 2.45) is 0 Å². The number of nitrogens with zero attached hydrogens (tertiary/aromatic N) is 5. The zero-order chi connectivity index (χ0) is 20.2. The van der Waals surface area contributed by atoms with Crippen LogP contribution < -0.4 is 5.32 Å². The summed E-state index contributed by atoms with van der Waals surface area (Å²) in [5.74, 6) is 0.0364. The van der Waals surface area contributed by atoms with Gasteiger partial charge in [-0.15, -0.1) is 5.10 Å². The fourth-order valence-corrected chi connectivity index (χ4v) is 3.48. The van der Waals surface area contributed by atoms with Gasteiger partial charge in [-0.1, -0.05) is 35.5 Å². The number of rotatable bonds is 6. The Morgan fingerprint density at radius 3 is 2.83 bits per heavy atom. The van der Waals surface area contributed by atoms with Crippen LogP contribution in [0.4, 0.5) is 0 Å². The monoisotopic (exact) mass is 394 g/mol. The molecular formula is C20H22N6O3. The molecule has 150 valence electrons. The molecule has 9 nitrogen and oxygen atoms in total.